The average molecular weight is 352 g/mol. The Morgan fingerprint density at radius 1 is 1.32 bits per heavy atom. The van der Waals surface area contributed by atoms with Gasteiger partial charge in [0, 0.05) is 18.2 Å². The normalized spacial score (nSPS) is 11.8. The zero-order valence-electron chi connectivity index (χ0n) is 12.8. The minimum Gasteiger partial charge on any atom is -0.329 e. The summed E-state index contributed by atoms with van der Waals surface area (Å²) in [6.45, 7) is 5.43. The molecule has 0 bridgehead atoms. The topological polar surface area (TPSA) is 115 Å². The minimum absolute atomic E-state index is 0. The van der Waals surface area contributed by atoms with Gasteiger partial charge in [-0.15, -0.1) is 12.4 Å². The lowest BCUT2D eigenvalue weighted by atomic mass is 9.95. The number of hydrogen-bond acceptors (Lipinski definition) is 5. The Morgan fingerprint density at radius 3 is 2.27 bits per heavy atom. The second-order valence-corrected chi connectivity index (χ2v) is 6.68. The molecule has 126 valence electrons. The van der Waals surface area contributed by atoms with Gasteiger partial charge in [-0.1, -0.05) is 19.9 Å². The fourth-order valence-corrected chi connectivity index (χ4v) is 3.77. The highest BCUT2D eigenvalue weighted by Gasteiger charge is 2.34. The van der Waals surface area contributed by atoms with E-state index >= 15 is 0 Å². The summed E-state index contributed by atoms with van der Waals surface area (Å²) in [5.74, 6) is 0. The number of nitrogens with two attached hydrogens (primary N) is 1. The van der Waals surface area contributed by atoms with E-state index in [1.807, 2.05) is 13.8 Å². The molecule has 1 rings (SSSR count). The lowest BCUT2D eigenvalue weighted by Gasteiger charge is -2.30. The van der Waals surface area contributed by atoms with Crippen LogP contribution in [0.4, 0.5) is 5.69 Å². The number of aryl methyl sites for hydroxylation is 1. The fourth-order valence-electron chi connectivity index (χ4n) is 2.06. The molecule has 0 heterocycles. The second kappa shape index (κ2) is 7.87. The number of hydrogen-bond donors (Lipinski definition) is 2. The summed E-state index contributed by atoms with van der Waals surface area (Å²) in [6.07, 6.45) is 0.998. The van der Waals surface area contributed by atoms with Gasteiger partial charge in [0.25, 0.3) is 5.69 Å². The molecule has 3 N–H and O–H groups in total. The number of nitro benzene ring substituents is 1. The maximum atomic E-state index is 12.5. The third-order valence-electron chi connectivity index (χ3n) is 3.70. The zero-order chi connectivity index (χ0) is 16.3. The first kappa shape index (κ1) is 20.8. The van der Waals surface area contributed by atoms with E-state index in [1.165, 1.54) is 18.2 Å². The first-order chi connectivity index (χ1) is 9.71. The van der Waals surface area contributed by atoms with E-state index in [1.54, 1.807) is 6.92 Å². The highest BCUT2D eigenvalue weighted by Crippen LogP contribution is 2.27. The van der Waals surface area contributed by atoms with Crippen molar-refractivity contribution < 1.29 is 13.3 Å². The van der Waals surface area contributed by atoms with Crippen molar-refractivity contribution in [2.75, 3.05) is 6.54 Å². The van der Waals surface area contributed by atoms with Crippen molar-refractivity contribution in [3.63, 3.8) is 0 Å². The maximum absolute atomic E-state index is 12.5. The van der Waals surface area contributed by atoms with Crippen molar-refractivity contribution in [1.29, 1.82) is 0 Å². The molecule has 0 radical (unpaired) electrons. The van der Waals surface area contributed by atoms with Crippen molar-refractivity contribution in [3.8, 4) is 0 Å². The highest BCUT2D eigenvalue weighted by atomic mass is 35.5. The Balaban J connectivity index is 0.00000441. The average Bonchev–Trinajstić information content (AvgIpc) is 2.44. The molecule has 0 aliphatic carbocycles. The van der Waals surface area contributed by atoms with E-state index < -0.39 is 26.2 Å². The summed E-state index contributed by atoms with van der Waals surface area (Å²) in [5.41, 5.74) is 5.07. The van der Waals surface area contributed by atoms with Gasteiger partial charge in [-0.2, -0.15) is 0 Å². The summed E-state index contributed by atoms with van der Waals surface area (Å²) in [4.78, 5) is 10.1. The molecule has 22 heavy (non-hydrogen) atoms. The number of sulfonamides is 1. The van der Waals surface area contributed by atoms with Crippen molar-refractivity contribution >= 4 is 28.1 Å². The number of benzene rings is 1. The molecule has 0 aliphatic rings. The van der Waals surface area contributed by atoms with Gasteiger partial charge >= 0.3 is 0 Å². The quantitative estimate of drug-likeness (QED) is 0.576. The Morgan fingerprint density at radius 2 is 1.86 bits per heavy atom. The largest absolute Gasteiger partial charge is 0.329 e. The number of rotatable bonds is 7. The summed E-state index contributed by atoms with van der Waals surface area (Å²) >= 11 is 0. The fraction of sp³-hybridized carbons (Fsp3) is 0.538. The molecule has 0 atom stereocenters. The van der Waals surface area contributed by atoms with Crippen LogP contribution in [0, 0.1) is 17.0 Å². The van der Waals surface area contributed by atoms with E-state index in [2.05, 4.69) is 4.72 Å². The lowest BCUT2D eigenvalue weighted by molar-refractivity contribution is -0.387. The Labute approximate surface area is 136 Å². The van der Waals surface area contributed by atoms with Gasteiger partial charge in [-0.3, -0.25) is 10.1 Å². The number of nitrogens with one attached hydrogen (secondary N) is 1. The Bertz CT molecular complexity index is 622. The summed E-state index contributed by atoms with van der Waals surface area (Å²) < 4.78 is 27.5. The van der Waals surface area contributed by atoms with Crippen LogP contribution in [0.2, 0.25) is 0 Å². The molecule has 1 aromatic carbocycles. The molecule has 0 amide bonds. The molecule has 0 unspecified atom stereocenters. The molecule has 0 aromatic heterocycles. The van der Waals surface area contributed by atoms with Crippen LogP contribution in [0.5, 0.6) is 0 Å². The monoisotopic (exact) mass is 351 g/mol. The molecular weight excluding hydrogens is 330 g/mol. The van der Waals surface area contributed by atoms with Gasteiger partial charge in [0.15, 0.2) is 4.90 Å². The Hall–Kier alpha value is -1.22. The molecule has 7 nitrogen and oxygen atoms in total. The smallest absolute Gasteiger partial charge is 0.289 e. The molecule has 0 saturated heterocycles. The van der Waals surface area contributed by atoms with Gasteiger partial charge in [0.05, 0.1) is 4.92 Å². The van der Waals surface area contributed by atoms with Gasteiger partial charge < -0.3 is 5.73 Å². The molecule has 0 fully saturated rings. The van der Waals surface area contributed by atoms with Crippen LogP contribution < -0.4 is 10.5 Å². The van der Waals surface area contributed by atoms with Gasteiger partial charge in [0.1, 0.15) is 0 Å². The third kappa shape index (κ3) is 4.39. The van der Waals surface area contributed by atoms with Crippen LogP contribution >= 0.6 is 12.4 Å². The first-order valence-electron chi connectivity index (χ1n) is 6.70. The van der Waals surface area contributed by atoms with Crippen LogP contribution in [0.3, 0.4) is 0 Å². The predicted octanol–water partition coefficient (Wildman–Crippen LogP) is 2.12. The summed E-state index contributed by atoms with van der Waals surface area (Å²) in [7, 11) is -4.02. The lowest BCUT2D eigenvalue weighted by Crippen LogP contribution is -2.52. The molecule has 1 aromatic rings. The van der Waals surface area contributed by atoms with Gasteiger partial charge in [-0.25, -0.2) is 13.1 Å². The van der Waals surface area contributed by atoms with Crippen molar-refractivity contribution in [2.45, 2.75) is 44.0 Å². The van der Waals surface area contributed by atoms with Crippen molar-refractivity contribution in [3.05, 3.63) is 33.9 Å². The van der Waals surface area contributed by atoms with Crippen molar-refractivity contribution in [2.24, 2.45) is 5.73 Å². The molecule has 0 aliphatic heterocycles. The second-order valence-electron chi connectivity index (χ2n) is 5.03. The first-order valence-corrected chi connectivity index (χ1v) is 8.18. The van der Waals surface area contributed by atoms with Gasteiger partial charge in [-0.05, 0) is 31.4 Å². The van der Waals surface area contributed by atoms with Gasteiger partial charge in [0.2, 0.25) is 10.0 Å². The molecule has 0 spiro atoms. The minimum atomic E-state index is -4.02. The SMILES string of the molecule is CCC(CC)(CN)NS(=O)(=O)c1ccc(C)cc1[N+](=O)[O-].Cl. The molecule has 0 saturated carbocycles. The summed E-state index contributed by atoms with van der Waals surface area (Å²) in [5, 5.41) is 11.1. The van der Waals surface area contributed by atoms with E-state index in [0.29, 0.717) is 18.4 Å². The van der Waals surface area contributed by atoms with Crippen molar-refractivity contribution in [1.82, 2.24) is 4.72 Å². The standard InChI is InChI=1S/C13H21N3O4S.ClH/c1-4-13(5-2,9-14)15-21(19,20)12-7-6-10(3)8-11(12)16(17)18;/h6-8,15H,4-5,9,14H2,1-3H3;1H. The van der Waals surface area contributed by atoms with E-state index in [9.17, 15) is 18.5 Å². The van der Waals surface area contributed by atoms with Crippen LogP contribution in [-0.2, 0) is 10.0 Å². The molecule has 9 heteroatoms. The number of nitrogens with zero attached hydrogens (tertiary/aromatic N) is 1. The third-order valence-corrected chi connectivity index (χ3v) is 5.32. The molecular formula is C13H22ClN3O4S. The van der Waals surface area contributed by atoms with E-state index in [4.69, 9.17) is 5.73 Å². The zero-order valence-corrected chi connectivity index (χ0v) is 14.5. The van der Waals surface area contributed by atoms with E-state index in [0.717, 1.165) is 0 Å². The van der Waals surface area contributed by atoms with Crippen LogP contribution in [0.1, 0.15) is 32.3 Å². The summed E-state index contributed by atoms with van der Waals surface area (Å²) in [6, 6.07) is 4.03. The number of halogens is 1. The highest BCUT2D eigenvalue weighted by molar-refractivity contribution is 7.89. The maximum Gasteiger partial charge on any atom is 0.289 e. The number of nitro groups is 1. The predicted molar refractivity (Wildman–Crippen MR) is 87.8 cm³/mol. The van der Waals surface area contributed by atoms with Crippen LogP contribution in [0.15, 0.2) is 23.1 Å². The Kier molecular flexibility index (Phi) is 7.43. The van der Waals surface area contributed by atoms with E-state index in [-0.39, 0.29) is 23.8 Å². The van der Waals surface area contributed by atoms with Crippen LogP contribution in [0.25, 0.3) is 0 Å². The van der Waals surface area contributed by atoms with Crippen LogP contribution in [-0.4, -0.2) is 25.4 Å².